The normalized spacial score (nSPS) is 45.7. The molecule has 3 fully saturated rings. The molecule has 13 heavy (non-hydrogen) atoms. The summed E-state index contributed by atoms with van der Waals surface area (Å²) in [6.45, 7) is 4.05. The summed E-state index contributed by atoms with van der Waals surface area (Å²) in [5.41, 5.74) is 0. The van der Waals surface area contributed by atoms with Gasteiger partial charge in [-0.15, -0.1) is 0 Å². The monoisotopic (exact) mass is 180 g/mol. The smallest absolute Gasteiger partial charge is 0.0289 e. The lowest BCUT2D eigenvalue weighted by Gasteiger charge is -2.34. The number of hydrogen-bond donors (Lipinski definition) is 1. The minimum absolute atomic E-state index is 0.850. The van der Waals surface area contributed by atoms with Gasteiger partial charge in [0.2, 0.25) is 0 Å². The molecule has 0 aromatic carbocycles. The summed E-state index contributed by atoms with van der Waals surface area (Å²) in [4.78, 5) is 2.77. The van der Waals surface area contributed by atoms with E-state index < -0.39 is 0 Å². The molecule has 3 atom stereocenters. The molecule has 1 N–H and O–H groups in total. The Bertz CT molecular complexity index is 167. The van der Waals surface area contributed by atoms with E-state index in [1.165, 1.54) is 51.7 Å². The third-order valence-electron chi connectivity index (χ3n) is 4.20. The van der Waals surface area contributed by atoms with Crippen molar-refractivity contribution in [3.05, 3.63) is 0 Å². The van der Waals surface area contributed by atoms with E-state index in [-0.39, 0.29) is 0 Å². The molecule has 0 aromatic heterocycles. The lowest BCUT2D eigenvalue weighted by molar-refractivity contribution is 0.144. The molecule has 2 nitrogen and oxygen atoms in total. The molecule has 3 rings (SSSR count). The molecule has 2 aliphatic heterocycles. The zero-order chi connectivity index (χ0) is 8.67. The van der Waals surface area contributed by atoms with Crippen molar-refractivity contribution in [3.8, 4) is 0 Å². The van der Waals surface area contributed by atoms with Crippen molar-refractivity contribution in [3.63, 3.8) is 0 Å². The van der Waals surface area contributed by atoms with E-state index in [0.717, 1.165) is 18.0 Å². The van der Waals surface area contributed by atoms with Gasteiger partial charge in [0.15, 0.2) is 0 Å². The van der Waals surface area contributed by atoms with Crippen molar-refractivity contribution in [2.45, 2.75) is 44.2 Å². The maximum Gasteiger partial charge on any atom is 0.0289 e. The number of nitrogens with zero attached hydrogens (tertiary/aromatic N) is 1. The first-order chi connectivity index (χ1) is 6.45. The van der Waals surface area contributed by atoms with Crippen LogP contribution in [0.15, 0.2) is 0 Å². The molecule has 74 valence electrons. The Kier molecular flexibility index (Phi) is 2.06. The van der Waals surface area contributed by atoms with Crippen LogP contribution in [-0.2, 0) is 0 Å². The summed E-state index contributed by atoms with van der Waals surface area (Å²) < 4.78 is 0. The maximum absolute atomic E-state index is 3.66. The van der Waals surface area contributed by atoms with E-state index in [4.69, 9.17) is 0 Å². The number of likely N-dealkylation sites (tertiary alicyclic amines) is 1. The average molecular weight is 180 g/mol. The van der Waals surface area contributed by atoms with E-state index >= 15 is 0 Å². The highest BCUT2D eigenvalue weighted by molar-refractivity contribution is 5.03. The summed E-state index contributed by atoms with van der Waals surface area (Å²) in [6.07, 6.45) is 7.27. The van der Waals surface area contributed by atoms with Gasteiger partial charge in [0.1, 0.15) is 0 Å². The molecule has 2 heteroatoms. The van der Waals surface area contributed by atoms with Crippen LogP contribution in [0.3, 0.4) is 0 Å². The van der Waals surface area contributed by atoms with Gasteiger partial charge in [0.05, 0.1) is 0 Å². The topological polar surface area (TPSA) is 15.3 Å². The summed E-state index contributed by atoms with van der Waals surface area (Å²) >= 11 is 0. The van der Waals surface area contributed by atoms with Crippen molar-refractivity contribution in [2.24, 2.45) is 5.92 Å². The fraction of sp³-hybridized carbons (Fsp3) is 1.00. The Balaban J connectivity index is 1.70. The molecule has 1 aliphatic carbocycles. The van der Waals surface area contributed by atoms with E-state index in [1.54, 1.807) is 0 Å². The molecule has 0 spiro atoms. The first-order valence-corrected chi connectivity index (χ1v) is 5.92. The molecule has 2 saturated heterocycles. The molecule has 3 aliphatic rings. The van der Waals surface area contributed by atoms with Gasteiger partial charge in [-0.25, -0.2) is 0 Å². The van der Waals surface area contributed by atoms with E-state index in [9.17, 15) is 0 Å². The second kappa shape index (κ2) is 3.25. The molecular weight excluding hydrogens is 160 g/mol. The standard InChI is InChI=1S/C11H20N2/c1-2-6-13(7-3-1)11-9-4-5-10(11)12-8-9/h9-12H,1-8H2. The lowest BCUT2D eigenvalue weighted by atomic mass is 10.0. The minimum Gasteiger partial charge on any atom is -0.312 e. The molecular formula is C11H20N2. The number of piperidine rings is 2. The quantitative estimate of drug-likeness (QED) is 0.653. The van der Waals surface area contributed by atoms with Gasteiger partial charge in [0, 0.05) is 12.1 Å². The van der Waals surface area contributed by atoms with Gasteiger partial charge in [-0.3, -0.25) is 4.90 Å². The predicted molar refractivity (Wildman–Crippen MR) is 53.7 cm³/mol. The summed E-state index contributed by atoms with van der Waals surface area (Å²) in [5, 5.41) is 3.66. The Morgan fingerprint density at radius 1 is 1.00 bits per heavy atom. The first-order valence-electron chi connectivity index (χ1n) is 5.92. The second-order valence-corrected chi connectivity index (χ2v) is 4.94. The number of fused-ring (bicyclic) bond motifs is 2. The van der Waals surface area contributed by atoms with Crippen LogP contribution in [0.5, 0.6) is 0 Å². The molecule has 0 aromatic rings. The number of rotatable bonds is 1. The zero-order valence-corrected chi connectivity index (χ0v) is 8.34. The molecule has 2 heterocycles. The second-order valence-electron chi connectivity index (χ2n) is 4.94. The summed E-state index contributed by atoms with van der Waals surface area (Å²) in [7, 11) is 0. The Morgan fingerprint density at radius 3 is 2.38 bits per heavy atom. The van der Waals surface area contributed by atoms with Gasteiger partial charge in [-0.1, -0.05) is 6.42 Å². The van der Waals surface area contributed by atoms with Crippen molar-refractivity contribution in [1.29, 1.82) is 0 Å². The fourth-order valence-corrected chi connectivity index (χ4v) is 3.58. The fourth-order valence-electron chi connectivity index (χ4n) is 3.58. The van der Waals surface area contributed by atoms with E-state index in [2.05, 4.69) is 10.2 Å². The van der Waals surface area contributed by atoms with Crippen LogP contribution in [0.1, 0.15) is 32.1 Å². The summed E-state index contributed by atoms with van der Waals surface area (Å²) in [6, 6.07) is 1.77. The van der Waals surface area contributed by atoms with Gasteiger partial charge in [0.25, 0.3) is 0 Å². The van der Waals surface area contributed by atoms with Crippen LogP contribution >= 0.6 is 0 Å². The predicted octanol–water partition coefficient (Wildman–Crippen LogP) is 1.22. The largest absolute Gasteiger partial charge is 0.312 e. The third kappa shape index (κ3) is 1.31. The highest BCUT2D eigenvalue weighted by Gasteiger charge is 2.44. The molecule has 1 saturated carbocycles. The van der Waals surface area contributed by atoms with Crippen LogP contribution in [-0.4, -0.2) is 36.6 Å². The van der Waals surface area contributed by atoms with E-state index in [1.807, 2.05) is 0 Å². The molecule has 3 unspecified atom stereocenters. The highest BCUT2D eigenvalue weighted by atomic mass is 15.2. The molecule has 2 bridgehead atoms. The maximum atomic E-state index is 3.66. The van der Waals surface area contributed by atoms with Crippen LogP contribution in [0.2, 0.25) is 0 Å². The van der Waals surface area contributed by atoms with Gasteiger partial charge in [-0.05, 0) is 51.2 Å². The van der Waals surface area contributed by atoms with Crippen LogP contribution < -0.4 is 5.32 Å². The van der Waals surface area contributed by atoms with Crippen LogP contribution in [0, 0.1) is 5.92 Å². The van der Waals surface area contributed by atoms with Gasteiger partial charge in [-0.2, -0.15) is 0 Å². The van der Waals surface area contributed by atoms with Crippen LogP contribution in [0.4, 0.5) is 0 Å². The SMILES string of the molecule is C1CCN(C2C3CCC2NC3)CC1. The van der Waals surface area contributed by atoms with E-state index in [0.29, 0.717) is 0 Å². The Morgan fingerprint density at radius 2 is 1.85 bits per heavy atom. The Hall–Kier alpha value is -0.0800. The van der Waals surface area contributed by atoms with Gasteiger partial charge < -0.3 is 5.32 Å². The van der Waals surface area contributed by atoms with Crippen molar-refractivity contribution >= 4 is 0 Å². The zero-order valence-electron chi connectivity index (χ0n) is 8.34. The minimum atomic E-state index is 0.850. The lowest BCUT2D eigenvalue weighted by Crippen LogP contribution is -2.45. The molecule has 0 amide bonds. The number of nitrogens with one attached hydrogen (secondary N) is 1. The van der Waals surface area contributed by atoms with Crippen molar-refractivity contribution < 1.29 is 0 Å². The van der Waals surface area contributed by atoms with Crippen molar-refractivity contribution in [2.75, 3.05) is 19.6 Å². The average Bonchev–Trinajstić information content (AvgIpc) is 2.78. The van der Waals surface area contributed by atoms with Crippen molar-refractivity contribution in [1.82, 2.24) is 10.2 Å². The number of hydrogen-bond acceptors (Lipinski definition) is 2. The molecule has 0 radical (unpaired) electrons. The van der Waals surface area contributed by atoms with Gasteiger partial charge >= 0.3 is 0 Å². The highest BCUT2D eigenvalue weighted by Crippen LogP contribution is 2.36. The third-order valence-corrected chi connectivity index (χ3v) is 4.20. The first kappa shape index (κ1) is 8.25. The summed E-state index contributed by atoms with van der Waals surface area (Å²) in [5.74, 6) is 0.989. The Labute approximate surface area is 80.7 Å². The van der Waals surface area contributed by atoms with Crippen LogP contribution in [0.25, 0.3) is 0 Å².